The van der Waals surface area contributed by atoms with E-state index in [-0.39, 0.29) is 0 Å². The van der Waals surface area contributed by atoms with Crippen molar-refractivity contribution in [3.63, 3.8) is 0 Å². The summed E-state index contributed by atoms with van der Waals surface area (Å²) in [6.45, 7) is 3.73. The molecule has 4 heteroatoms. The molecule has 1 aromatic carbocycles. The van der Waals surface area contributed by atoms with Crippen LogP contribution in [0.1, 0.15) is 24.0 Å². The molecule has 0 saturated carbocycles. The smallest absolute Gasteiger partial charge is 0.106 e. The molecule has 3 nitrogen and oxygen atoms in total. The van der Waals surface area contributed by atoms with Crippen LogP contribution in [0.2, 0.25) is 0 Å². The minimum absolute atomic E-state index is 0.465. The molecule has 1 fully saturated rings. The third-order valence-electron chi connectivity index (χ3n) is 3.54. The molecule has 1 aliphatic heterocycles. The molecule has 18 heavy (non-hydrogen) atoms. The van der Waals surface area contributed by atoms with E-state index in [1.54, 1.807) is 0 Å². The van der Waals surface area contributed by atoms with E-state index in [1.807, 2.05) is 0 Å². The number of thiocarbonyl (C=S) groups is 1. The Bertz CT molecular complexity index is 441. The molecule has 1 aliphatic rings. The number of nitrogens with zero attached hydrogens (tertiary/aromatic N) is 1. The molecule has 1 aromatic rings. The molecule has 1 saturated heterocycles. The molecule has 0 radical (unpaired) electrons. The van der Waals surface area contributed by atoms with E-state index < -0.39 is 0 Å². The van der Waals surface area contributed by atoms with Gasteiger partial charge in [0.25, 0.3) is 0 Å². The molecular formula is C14H20N2OS. The van der Waals surface area contributed by atoms with Gasteiger partial charge in [-0.1, -0.05) is 23.8 Å². The summed E-state index contributed by atoms with van der Waals surface area (Å²) < 4.78 is 5.41. The van der Waals surface area contributed by atoms with Crippen LogP contribution in [0.4, 0.5) is 5.69 Å². The zero-order valence-corrected chi connectivity index (χ0v) is 11.8. The van der Waals surface area contributed by atoms with Gasteiger partial charge in [0.1, 0.15) is 4.99 Å². The predicted octanol–water partition coefficient (Wildman–Crippen LogP) is 2.24. The van der Waals surface area contributed by atoms with Gasteiger partial charge in [0.2, 0.25) is 0 Å². The monoisotopic (exact) mass is 264 g/mol. The largest absolute Gasteiger partial charge is 0.389 e. The van der Waals surface area contributed by atoms with E-state index in [9.17, 15) is 0 Å². The minimum atomic E-state index is 0.465. The molecule has 0 bridgehead atoms. The normalized spacial score (nSPS) is 16.6. The molecule has 2 rings (SSSR count). The van der Waals surface area contributed by atoms with Crippen molar-refractivity contribution in [2.24, 2.45) is 5.73 Å². The van der Waals surface area contributed by atoms with E-state index >= 15 is 0 Å². The zero-order chi connectivity index (χ0) is 13.1. The van der Waals surface area contributed by atoms with Crippen LogP contribution < -0.4 is 10.6 Å². The summed E-state index contributed by atoms with van der Waals surface area (Å²) in [5.41, 5.74) is 9.11. The summed E-state index contributed by atoms with van der Waals surface area (Å²) in [5.74, 6) is 0. The first-order valence-electron chi connectivity index (χ1n) is 6.30. The zero-order valence-electron chi connectivity index (χ0n) is 11.0. The van der Waals surface area contributed by atoms with Gasteiger partial charge in [-0.15, -0.1) is 0 Å². The van der Waals surface area contributed by atoms with Gasteiger partial charge in [0.15, 0.2) is 0 Å². The first-order valence-corrected chi connectivity index (χ1v) is 6.71. The molecular weight excluding hydrogens is 244 g/mol. The van der Waals surface area contributed by atoms with Crippen molar-refractivity contribution in [2.45, 2.75) is 25.8 Å². The van der Waals surface area contributed by atoms with Gasteiger partial charge < -0.3 is 15.4 Å². The first kappa shape index (κ1) is 13.3. The van der Waals surface area contributed by atoms with Crippen molar-refractivity contribution in [2.75, 3.05) is 25.2 Å². The highest BCUT2D eigenvalue weighted by Crippen LogP contribution is 2.26. The van der Waals surface area contributed by atoms with Gasteiger partial charge >= 0.3 is 0 Å². The summed E-state index contributed by atoms with van der Waals surface area (Å²) in [6.07, 6.45) is 2.11. The Hall–Kier alpha value is -1.13. The molecule has 0 amide bonds. The van der Waals surface area contributed by atoms with Gasteiger partial charge in [-0.05, 0) is 31.9 Å². The second kappa shape index (κ2) is 5.67. The highest BCUT2D eigenvalue weighted by molar-refractivity contribution is 7.80. The van der Waals surface area contributed by atoms with Crippen LogP contribution in [0, 0.1) is 6.92 Å². The molecule has 1 heterocycles. The van der Waals surface area contributed by atoms with Crippen LogP contribution in [0.25, 0.3) is 0 Å². The molecule has 0 spiro atoms. The second-order valence-electron chi connectivity index (χ2n) is 4.84. The lowest BCUT2D eigenvalue weighted by molar-refractivity contribution is 0.0855. The summed E-state index contributed by atoms with van der Waals surface area (Å²) in [4.78, 5) is 2.75. The Morgan fingerprint density at radius 2 is 2.06 bits per heavy atom. The van der Waals surface area contributed by atoms with Gasteiger partial charge in [0.05, 0.1) is 0 Å². The van der Waals surface area contributed by atoms with Crippen molar-refractivity contribution < 1.29 is 4.74 Å². The predicted molar refractivity (Wildman–Crippen MR) is 79.3 cm³/mol. The second-order valence-corrected chi connectivity index (χ2v) is 5.28. The molecule has 0 aliphatic carbocycles. The van der Waals surface area contributed by atoms with Crippen LogP contribution in [0.5, 0.6) is 0 Å². The quantitative estimate of drug-likeness (QED) is 0.850. The fourth-order valence-electron chi connectivity index (χ4n) is 2.42. The van der Waals surface area contributed by atoms with Gasteiger partial charge in [-0.3, -0.25) is 0 Å². The maximum atomic E-state index is 5.83. The molecule has 0 aromatic heterocycles. The Morgan fingerprint density at radius 1 is 1.39 bits per heavy atom. The Balaban J connectivity index is 2.28. The summed E-state index contributed by atoms with van der Waals surface area (Å²) >= 11 is 5.16. The van der Waals surface area contributed by atoms with E-state index in [0.717, 1.165) is 37.3 Å². The van der Waals surface area contributed by atoms with Crippen LogP contribution in [0.15, 0.2) is 18.2 Å². The number of ether oxygens (including phenoxy) is 1. The standard InChI is InChI=1S/C14H20N2OS/c1-10-3-4-13(12(9-10)14(15)18)16(2)11-5-7-17-8-6-11/h3-4,9,11H,5-8H2,1-2H3,(H2,15,18). The summed E-state index contributed by atoms with van der Waals surface area (Å²) in [5, 5.41) is 0. The number of rotatable bonds is 3. The Kier molecular flexibility index (Phi) is 4.19. The lowest BCUT2D eigenvalue weighted by atomic mass is 10.0. The third kappa shape index (κ3) is 2.82. The SMILES string of the molecule is Cc1ccc(N(C)C2CCOCC2)c(C(N)=S)c1. The van der Waals surface area contributed by atoms with Crippen molar-refractivity contribution >= 4 is 22.9 Å². The van der Waals surface area contributed by atoms with E-state index in [0.29, 0.717) is 11.0 Å². The molecule has 0 unspecified atom stereocenters. The minimum Gasteiger partial charge on any atom is -0.389 e. The maximum absolute atomic E-state index is 5.83. The lowest BCUT2D eigenvalue weighted by Gasteiger charge is -2.34. The molecule has 2 N–H and O–H groups in total. The third-order valence-corrected chi connectivity index (χ3v) is 3.76. The first-order chi connectivity index (χ1) is 8.59. The van der Waals surface area contributed by atoms with E-state index in [1.165, 1.54) is 5.56 Å². The average Bonchev–Trinajstić information content (AvgIpc) is 2.39. The fraction of sp³-hybridized carbons (Fsp3) is 0.500. The Labute approximate surface area is 114 Å². The highest BCUT2D eigenvalue weighted by atomic mass is 32.1. The Morgan fingerprint density at radius 3 is 2.67 bits per heavy atom. The number of hydrogen-bond donors (Lipinski definition) is 1. The maximum Gasteiger partial charge on any atom is 0.106 e. The van der Waals surface area contributed by atoms with Crippen molar-refractivity contribution in [3.05, 3.63) is 29.3 Å². The van der Waals surface area contributed by atoms with Crippen LogP contribution in [0.3, 0.4) is 0 Å². The number of aryl methyl sites for hydroxylation is 1. The lowest BCUT2D eigenvalue weighted by Crippen LogP contribution is -2.37. The van der Waals surface area contributed by atoms with Gasteiger partial charge in [-0.25, -0.2) is 0 Å². The topological polar surface area (TPSA) is 38.5 Å². The van der Waals surface area contributed by atoms with Gasteiger partial charge in [-0.2, -0.15) is 0 Å². The number of anilines is 1. The highest BCUT2D eigenvalue weighted by Gasteiger charge is 2.21. The number of benzene rings is 1. The molecule has 0 atom stereocenters. The van der Waals surface area contributed by atoms with Gasteiger partial charge in [0, 0.05) is 37.6 Å². The van der Waals surface area contributed by atoms with Crippen molar-refractivity contribution in [1.29, 1.82) is 0 Å². The van der Waals surface area contributed by atoms with Crippen molar-refractivity contribution in [1.82, 2.24) is 0 Å². The number of nitrogens with two attached hydrogens (primary N) is 1. The van der Waals surface area contributed by atoms with Crippen LogP contribution in [-0.2, 0) is 4.74 Å². The molecule has 98 valence electrons. The summed E-state index contributed by atoms with van der Waals surface area (Å²) in [6, 6.07) is 6.79. The van der Waals surface area contributed by atoms with E-state index in [4.69, 9.17) is 22.7 Å². The van der Waals surface area contributed by atoms with Crippen molar-refractivity contribution in [3.8, 4) is 0 Å². The number of hydrogen-bond acceptors (Lipinski definition) is 3. The summed E-state index contributed by atoms with van der Waals surface area (Å²) in [7, 11) is 2.11. The van der Waals surface area contributed by atoms with E-state index in [2.05, 4.69) is 37.1 Å². The van der Waals surface area contributed by atoms with Crippen LogP contribution >= 0.6 is 12.2 Å². The fourth-order valence-corrected chi connectivity index (χ4v) is 2.59. The average molecular weight is 264 g/mol. The van der Waals surface area contributed by atoms with Crippen LogP contribution in [-0.4, -0.2) is 31.3 Å².